The van der Waals surface area contributed by atoms with Gasteiger partial charge in [0.05, 0.1) is 0 Å². The van der Waals surface area contributed by atoms with Gasteiger partial charge in [-0.15, -0.1) is 0 Å². The van der Waals surface area contributed by atoms with Crippen molar-refractivity contribution in [1.29, 1.82) is 0 Å². The smallest absolute Gasteiger partial charge is 0.207 e. The lowest BCUT2D eigenvalue weighted by molar-refractivity contribution is -0.122. The zero-order chi connectivity index (χ0) is 12.2. The Balaban J connectivity index is 3.09. The summed E-state index contributed by atoms with van der Waals surface area (Å²) in [5, 5.41) is 2.65. The van der Waals surface area contributed by atoms with E-state index in [-0.39, 0.29) is 5.92 Å². The maximum absolute atomic E-state index is 11.3. The molecule has 0 heterocycles. The monoisotopic (exact) mass is 227 g/mol. The standard InChI is InChI=1S/C13H25NO2/c1-12(2)13(16)9-7-5-3-4-6-8-10-14-11-15/h11-12H,3-10H2,1-2H3,(H,14,15). The maximum atomic E-state index is 11.3. The highest BCUT2D eigenvalue weighted by Crippen LogP contribution is 2.09. The molecule has 0 aromatic rings. The molecule has 1 N–H and O–H groups in total. The van der Waals surface area contributed by atoms with Gasteiger partial charge in [-0.1, -0.05) is 39.5 Å². The molecule has 1 amide bonds. The van der Waals surface area contributed by atoms with Crippen LogP contribution in [0.3, 0.4) is 0 Å². The van der Waals surface area contributed by atoms with Gasteiger partial charge in [0.15, 0.2) is 0 Å². The van der Waals surface area contributed by atoms with E-state index >= 15 is 0 Å². The van der Waals surface area contributed by atoms with Crippen LogP contribution in [0.4, 0.5) is 0 Å². The third-order valence-electron chi connectivity index (χ3n) is 2.72. The molecule has 0 aliphatic carbocycles. The maximum Gasteiger partial charge on any atom is 0.207 e. The zero-order valence-corrected chi connectivity index (χ0v) is 10.6. The highest BCUT2D eigenvalue weighted by atomic mass is 16.1. The fourth-order valence-corrected chi connectivity index (χ4v) is 1.58. The minimum atomic E-state index is 0.189. The van der Waals surface area contributed by atoms with Gasteiger partial charge in [0, 0.05) is 18.9 Å². The topological polar surface area (TPSA) is 46.2 Å². The SMILES string of the molecule is CC(C)C(=O)CCCCCCCCNC=O. The molecule has 94 valence electrons. The lowest BCUT2D eigenvalue weighted by Gasteiger charge is -2.04. The van der Waals surface area contributed by atoms with E-state index in [0.717, 1.165) is 38.6 Å². The van der Waals surface area contributed by atoms with Crippen LogP contribution in [0, 0.1) is 5.92 Å². The Morgan fingerprint density at radius 2 is 1.62 bits per heavy atom. The zero-order valence-electron chi connectivity index (χ0n) is 10.6. The number of ketones is 1. The third-order valence-corrected chi connectivity index (χ3v) is 2.72. The minimum absolute atomic E-state index is 0.189. The second kappa shape index (κ2) is 10.7. The summed E-state index contributed by atoms with van der Waals surface area (Å²) in [6, 6.07) is 0. The van der Waals surface area contributed by atoms with Crippen molar-refractivity contribution in [2.45, 2.75) is 58.8 Å². The lowest BCUT2D eigenvalue weighted by atomic mass is 10.0. The van der Waals surface area contributed by atoms with E-state index in [2.05, 4.69) is 5.32 Å². The minimum Gasteiger partial charge on any atom is -0.359 e. The molecule has 0 rings (SSSR count). The van der Waals surface area contributed by atoms with Crippen LogP contribution < -0.4 is 5.32 Å². The van der Waals surface area contributed by atoms with Gasteiger partial charge in [-0.2, -0.15) is 0 Å². The van der Waals surface area contributed by atoms with Crippen molar-refractivity contribution in [3.63, 3.8) is 0 Å². The molecule has 0 saturated carbocycles. The Morgan fingerprint density at radius 3 is 2.19 bits per heavy atom. The Labute approximate surface area is 99.0 Å². The van der Waals surface area contributed by atoms with Crippen LogP contribution in [0.1, 0.15) is 58.8 Å². The number of carbonyl (C=O) groups excluding carboxylic acids is 2. The van der Waals surface area contributed by atoms with Crippen LogP contribution in [0.15, 0.2) is 0 Å². The van der Waals surface area contributed by atoms with Gasteiger partial charge in [0.2, 0.25) is 6.41 Å². The fraction of sp³-hybridized carbons (Fsp3) is 0.846. The number of amides is 1. The van der Waals surface area contributed by atoms with Gasteiger partial charge in [0.1, 0.15) is 5.78 Å². The van der Waals surface area contributed by atoms with Crippen LogP contribution in [0.5, 0.6) is 0 Å². The second-order valence-electron chi connectivity index (χ2n) is 4.56. The highest BCUT2D eigenvalue weighted by molar-refractivity contribution is 5.80. The lowest BCUT2D eigenvalue weighted by Crippen LogP contribution is -2.11. The number of unbranched alkanes of at least 4 members (excludes halogenated alkanes) is 5. The van der Waals surface area contributed by atoms with Gasteiger partial charge in [0.25, 0.3) is 0 Å². The quantitative estimate of drug-likeness (QED) is 0.436. The summed E-state index contributed by atoms with van der Waals surface area (Å²) in [5.41, 5.74) is 0. The summed E-state index contributed by atoms with van der Waals surface area (Å²) >= 11 is 0. The van der Waals surface area contributed by atoms with Crippen molar-refractivity contribution in [1.82, 2.24) is 5.32 Å². The second-order valence-corrected chi connectivity index (χ2v) is 4.56. The average Bonchev–Trinajstić information content (AvgIpc) is 2.26. The number of carbonyl (C=O) groups is 2. The summed E-state index contributed by atoms with van der Waals surface area (Å²) in [4.78, 5) is 21.3. The van der Waals surface area contributed by atoms with Crippen molar-refractivity contribution in [2.24, 2.45) is 5.92 Å². The van der Waals surface area contributed by atoms with Crippen molar-refractivity contribution < 1.29 is 9.59 Å². The van der Waals surface area contributed by atoms with Gasteiger partial charge >= 0.3 is 0 Å². The summed E-state index contributed by atoms with van der Waals surface area (Å²) in [7, 11) is 0. The largest absolute Gasteiger partial charge is 0.359 e. The first-order valence-electron chi connectivity index (χ1n) is 6.38. The molecule has 0 bridgehead atoms. The molecule has 3 heteroatoms. The van der Waals surface area contributed by atoms with Crippen LogP contribution in [-0.2, 0) is 9.59 Å². The molecule has 0 radical (unpaired) electrons. The molecule has 0 unspecified atom stereocenters. The summed E-state index contributed by atoms with van der Waals surface area (Å²) in [6.07, 6.45) is 8.30. The number of hydrogen-bond acceptors (Lipinski definition) is 2. The predicted octanol–water partition coefficient (Wildman–Crippen LogP) is 2.69. The van der Waals surface area contributed by atoms with Gasteiger partial charge in [-0.05, 0) is 12.8 Å². The molecule has 0 saturated heterocycles. The highest BCUT2D eigenvalue weighted by Gasteiger charge is 2.05. The Morgan fingerprint density at radius 1 is 1.06 bits per heavy atom. The Kier molecular flexibility index (Phi) is 10.1. The molecule has 0 aliphatic rings. The molecule has 0 aromatic carbocycles. The van der Waals surface area contributed by atoms with E-state index in [0.29, 0.717) is 5.78 Å². The molecule has 16 heavy (non-hydrogen) atoms. The summed E-state index contributed by atoms with van der Waals surface area (Å²) in [6.45, 7) is 4.71. The van der Waals surface area contributed by atoms with E-state index in [1.165, 1.54) is 19.3 Å². The first-order valence-corrected chi connectivity index (χ1v) is 6.38. The normalized spacial score (nSPS) is 10.4. The average molecular weight is 227 g/mol. The summed E-state index contributed by atoms with van der Waals surface area (Å²) < 4.78 is 0. The number of Topliss-reactive ketones (excluding diaryl/α,β-unsaturated/α-hetero) is 1. The van der Waals surface area contributed by atoms with Gasteiger partial charge < -0.3 is 5.32 Å². The molecular weight excluding hydrogens is 202 g/mol. The predicted molar refractivity (Wildman–Crippen MR) is 66.2 cm³/mol. The molecular formula is C13H25NO2. The van der Waals surface area contributed by atoms with E-state index < -0.39 is 0 Å². The Bertz CT molecular complexity index is 190. The van der Waals surface area contributed by atoms with Crippen LogP contribution in [0.25, 0.3) is 0 Å². The van der Waals surface area contributed by atoms with Gasteiger partial charge in [-0.3, -0.25) is 9.59 Å². The molecule has 0 spiro atoms. The third kappa shape index (κ3) is 9.69. The molecule has 0 aliphatic heterocycles. The number of hydrogen-bond donors (Lipinski definition) is 1. The first kappa shape index (κ1) is 15.1. The van der Waals surface area contributed by atoms with Crippen LogP contribution in [0.2, 0.25) is 0 Å². The van der Waals surface area contributed by atoms with Crippen LogP contribution in [-0.4, -0.2) is 18.7 Å². The van der Waals surface area contributed by atoms with Crippen molar-refractivity contribution in [3.8, 4) is 0 Å². The van der Waals surface area contributed by atoms with E-state index in [1.807, 2.05) is 13.8 Å². The van der Waals surface area contributed by atoms with Gasteiger partial charge in [-0.25, -0.2) is 0 Å². The number of rotatable bonds is 11. The van der Waals surface area contributed by atoms with E-state index in [1.54, 1.807) is 0 Å². The van der Waals surface area contributed by atoms with E-state index in [4.69, 9.17) is 0 Å². The molecule has 0 atom stereocenters. The first-order chi connectivity index (χ1) is 7.68. The van der Waals surface area contributed by atoms with Crippen molar-refractivity contribution in [3.05, 3.63) is 0 Å². The molecule has 0 aromatic heterocycles. The fourth-order valence-electron chi connectivity index (χ4n) is 1.58. The molecule has 3 nitrogen and oxygen atoms in total. The van der Waals surface area contributed by atoms with Crippen molar-refractivity contribution >= 4 is 12.2 Å². The van der Waals surface area contributed by atoms with Crippen LogP contribution >= 0.6 is 0 Å². The van der Waals surface area contributed by atoms with E-state index in [9.17, 15) is 9.59 Å². The Hall–Kier alpha value is -0.860. The molecule has 0 fully saturated rings. The number of nitrogens with one attached hydrogen (secondary N) is 1. The van der Waals surface area contributed by atoms with Crippen molar-refractivity contribution in [2.75, 3.05) is 6.54 Å². The summed E-state index contributed by atoms with van der Waals surface area (Å²) in [5.74, 6) is 0.574.